The van der Waals surface area contributed by atoms with Gasteiger partial charge in [-0.05, 0) is 73.7 Å². The number of rotatable bonds is 15. The van der Waals surface area contributed by atoms with Crippen molar-refractivity contribution in [3.05, 3.63) is 119 Å². The van der Waals surface area contributed by atoms with E-state index in [1.165, 1.54) is 37.3 Å². The van der Waals surface area contributed by atoms with Gasteiger partial charge in [0.2, 0.25) is 11.8 Å². The van der Waals surface area contributed by atoms with E-state index < -0.39 is 28.5 Å². The molecule has 0 spiro atoms. The van der Waals surface area contributed by atoms with E-state index in [1.807, 2.05) is 88.4 Å². The molecule has 0 aromatic heterocycles. The number of methoxy groups -OCH3 is 2. The van der Waals surface area contributed by atoms with Crippen LogP contribution in [0, 0.1) is 20.8 Å². The van der Waals surface area contributed by atoms with Gasteiger partial charge in [-0.15, -0.1) is 0 Å². The monoisotopic (exact) mass is 671 g/mol. The number of carbonyl (C=O) groups excluding carboxylic acids is 2. The number of nitrogens with one attached hydrogen (secondary N) is 1. The van der Waals surface area contributed by atoms with E-state index in [4.69, 9.17) is 9.47 Å². The molecule has 4 rings (SSSR count). The maximum atomic E-state index is 14.7. The maximum Gasteiger partial charge on any atom is 0.264 e. The van der Waals surface area contributed by atoms with Crippen molar-refractivity contribution >= 4 is 27.5 Å². The highest BCUT2D eigenvalue weighted by molar-refractivity contribution is 7.92. The first-order valence-electron chi connectivity index (χ1n) is 16.0. The number of hydrogen-bond acceptors (Lipinski definition) is 6. The minimum absolute atomic E-state index is 0.0705. The van der Waals surface area contributed by atoms with Gasteiger partial charge in [0, 0.05) is 25.6 Å². The lowest BCUT2D eigenvalue weighted by Crippen LogP contribution is -2.53. The van der Waals surface area contributed by atoms with Gasteiger partial charge in [-0.3, -0.25) is 13.9 Å². The predicted octanol–water partition coefficient (Wildman–Crippen LogP) is 5.99. The molecule has 48 heavy (non-hydrogen) atoms. The molecule has 0 bridgehead atoms. The number of anilines is 1. The van der Waals surface area contributed by atoms with E-state index in [1.54, 1.807) is 12.1 Å². The second kappa shape index (κ2) is 16.3. The van der Waals surface area contributed by atoms with Crippen LogP contribution in [0.15, 0.2) is 95.9 Å². The Bertz CT molecular complexity index is 1810. The van der Waals surface area contributed by atoms with Gasteiger partial charge in [0.25, 0.3) is 10.0 Å². The quantitative estimate of drug-likeness (QED) is 0.167. The summed E-state index contributed by atoms with van der Waals surface area (Å²) in [5.74, 6) is -0.215. The van der Waals surface area contributed by atoms with Gasteiger partial charge in [-0.2, -0.15) is 0 Å². The van der Waals surface area contributed by atoms with Crippen LogP contribution in [0.3, 0.4) is 0 Å². The highest BCUT2D eigenvalue weighted by atomic mass is 32.2. The third-order valence-corrected chi connectivity index (χ3v) is 9.74. The molecule has 0 aliphatic carbocycles. The third-order valence-electron chi connectivity index (χ3n) is 7.97. The maximum absolute atomic E-state index is 14.7. The van der Waals surface area contributed by atoms with Crippen molar-refractivity contribution in [1.29, 1.82) is 0 Å². The first kappa shape index (κ1) is 36.0. The zero-order valence-corrected chi connectivity index (χ0v) is 29.3. The predicted molar refractivity (Wildman–Crippen MR) is 189 cm³/mol. The smallest absolute Gasteiger partial charge is 0.264 e. The van der Waals surface area contributed by atoms with Gasteiger partial charge in [0.15, 0.2) is 11.5 Å². The standard InChI is InChI=1S/C38H45N3O6S/c1-7-18-39-38(43)34(23-30-13-9-8-10-14-30)40(25-31-15-11-12-27(2)20-31)37(42)26-41(32-21-28(3)19-29(4)22-32)48(44,45)33-16-17-35(46-5)36(24-33)47-6/h8-17,19-22,24,34H,7,18,23,25-26H2,1-6H3,(H,39,43)/t34-/m1/s1. The van der Waals surface area contributed by atoms with Crippen LogP contribution in [0.2, 0.25) is 0 Å². The number of amides is 2. The van der Waals surface area contributed by atoms with Gasteiger partial charge >= 0.3 is 0 Å². The Hall–Kier alpha value is -4.83. The molecule has 1 atom stereocenters. The van der Waals surface area contributed by atoms with Gasteiger partial charge in [0.1, 0.15) is 12.6 Å². The highest BCUT2D eigenvalue weighted by Gasteiger charge is 2.35. The summed E-state index contributed by atoms with van der Waals surface area (Å²) in [5, 5.41) is 2.97. The van der Waals surface area contributed by atoms with Crippen LogP contribution in [-0.2, 0) is 32.6 Å². The number of aryl methyl sites for hydroxylation is 3. The van der Waals surface area contributed by atoms with Crippen molar-refractivity contribution in [2.24, 2.45) is 0 Å². The van der Waals surface area contributed by atoms with Crippen molar-refractivity contribution in [3.8, 4) is 11.5 Å². The molecule has 0 unspecified atom stereocenters. The van der Waals surface area contributed by atoms with Gasteiger partial charge in [-0.1, -0.05) is 73.2 Å². The summed E-state index contributed by atoms with van der Waals surface area (Å²) in [6.45, 7) is 7.67. The molecule has 9 nitrogen and oxygen atoms in total. The Morgan fingerprint density at radius 2 is 1.44 bits per heavy atom. The Kier molecular flexibility index (Phi) is 12.2. The summed E-state index contributed by atoms with van der Waals surface area (Å²) in [6, 6.07) is 26.1. The molecular formula is C38H45N3O6S. The number of hydrogen-bond donors (Lipinski definition) is 1. The second-order valence-corrected chi connectivity index (χ2v) is 13.7. The molecule has 0 aliphatic rings. The average Bonchev–Trinajstić information content (AvgIpc) is 3.07. The van der Waals surface area contributed by atoms with E-state index in [-0.39, 0.29) is 29.5 Å². The van der Waals surface area contributed by atoms with Crippen LogP contribution in [-0.4, -0.2) is 58.5 Å². The summed E-state index contributed by atoms with van der Waals surface area (Å²) in [5.41, 5.74) is 4.71. The van der Waals surface area contributed by atoms with Crippen molar-refractivity contribution in [2.75, 3.05) is 31.6 Å². The molecule has 0 fully saturated rings. The summed E-state index contributed by atoms with van der Waals surface area (Å²) in [6.07, 6.45) is 0.972. The molecule has 2 amide bonds. The SMILES string of the molecule is CCCNC(=O)[C@@H](Cc1ccccc1)N(Cc1cccc(C)c1)C(=O)CN(c1cc(C)cc(C)c1)S(=O)(=O)c1ccc(OC)c(OC)c1. The summed E-state index contributed by atoms with van der Waals surface area (Å²) < 4.78 is 40.9. The summed E-state index contributed by atoms with van der Waals surface area (Å²) in [7, 11) is -1.42. The van der Waals surface area contributed by atoms with Crippen LogP contribution in [0.1, 0.15) is 41.2 Å². The van der Waals surface area contributed by atoms with Crippen molar-refractivity contribution in [2.45, 2.75) is 58.0 Å². The number of carbonyl (C=O) groups is 2. The zero-order valence-electron chi connectivity index (χ0n) is 28.5. The fourth-order valence-electron chi connectivity index (χ4n) is 5.65. The molecule has 4 aromatic carbocycles. The summed E-state index contributed by atoms with van der Waals surface area (Å²) in [4.78, 5) is 30.0. The van der Waals surface area contributed by atoms with Crippen LogP contribution < -0.4 is 19.1 Å². The molecule has 0 aliphatic heterocycles. The Balaban J connectivity index is 1.85. The van der Waals surface area contributed by atoms with Crippen molar-refractivity contribution in [3.63, 3.8) is 0 Å². The average molecular weight is 672 g/mol. The fourth-order valence-corrected chi connectivity index (χ4v) is 7.07. The zero-order chi connectivity index (χ0) is 34.8. The number of ether oxygens (including phenoxy) is 2. The fraction of sp³-hybridized carbons (Fsp3) is 0.316. The number of benzene rings is 4. The Labute approximate surface area is 284 Å². The van der Waals surface area contributed by atoms with E-state index in [2.05, 4.69) is 5.32 Å². The van der Waals surface area contributed by atoms with Crippen LogP contribution in [0.5, 0.6) is 11.5 Å². The molecule has 0 saturated carbocycles. The van der Waals surface area contributed by atoms with E-state index in [0.717, 1.165) is 38.5 Å². The molecular weight excluding hydrogens is 627 g/mol. The van der Waals surface area contributed by atoms with Gasteiger partial charge < -0.3 is 19.7 Å². The Morgan fingerprint density at radius 3 is 2.06 bits per heavy atom. The lowest BCUT2D eigenvalue weighted by Gasteiger charge is -2.34. The van der Waals surface area contributed by atoms with Gasteiger partial charge in [-0.25, -0.2) is 8.42 Å². The molecule has 1 N–H and O–H groups in total. The first-order chi connectivity index (χ1) is 23.0. The molecule has 0 saturated heterocycles. The van der Waals surface area contributed by atoms with Crippen LogP contribution in [0.25, 0.3) is 0 Å². The van der Waals surface area contributed by atoms with Gasteiger partial charge in [0.05, 0.1) is 24.8 Å². The van der Waals surface area contributed by atoms with Crippen molar-refractivity contribution < 1.29 is 27.5 Å². The first-order valence-corrected chi connectivity index (χ1v) is 17.4. The topological polar surface area (TPSA) is 105 Å². The molecule has 254 valence electrons. The largest absolute Gasteiger partial charge is 0.493 e. The lowest BCUT2D eigenvalue weighted by molar-refractivity contribution is -0.140. The lowest BCUT2D eigenvalue weighted by atomic mass is 10.0. The minimum Gasteiger partial charge on any atom is -0.493 e. The highest BCUT2D eigenvalue weighted by Crippen LogP contribution is 2.33. The van der Waals surface area contributed by atoms with E-state index in [9.17, 15) is 18.0 Å². The minimum atomic E-state index is -4.32. The molecule has 0 radical (unpaired) electrons. The second-order valence-electron chi connectivity index (χ2n) is 11.9. The van der Waals surface area contributed by atoms with E-state index >= 15 is 0 Å². The van der Waals surface area contributed by atoms with Crippen LogP contribution >= 0.6 is 0 Å². The molecule has 4 aromatic rings. The van der Waals surface area contributed by atoms with Crippen LogP contribution in [0.4, 0.5) is 5.69 Å². The normalized spacial score (nSPS) is 11.8. The molecule has 0 heterocycles. The third kappa shape index (κ3) is 8.95. The summed E-state index contributed by atoms with van der Waals surface area (Å²) >= 11 is 0. The van der Waals surface area contributed by atoms with E-state index in [0.29, 0.717) is 18.0 Å². The number of nitrogens with zero attached hydrogens (tertiary/aromatic N) is 2. The number of sulfonamides is 1. The Morgan fingerprint density at radius 1 is 0.771 bits per heavy atom. The van der Waals surface area contributed by atoms with Crippen molar-refractivity contribution in [1.82, 2.24) is 10.2 Å². The molecule has 10 heteroatoms.